The number of hydrogen-bond donors (Lipinski definition) is 2. The van der Waals surface area contributed by atoms with E-state index in [0.717, 1.165) is 12.8 Å². The van der Waals surface area contributed by atoms with E-state index in [2.05, 4.69) is 6.92 Å². The largest absolute Gasteiger partial charge is 0.503 e. The van der Waals surface area contributed by atoms with Gasteiger partial charge >= 0.3 is 5.63 Å². The van der Waals surface area contributed by atoms with Gasteiger partial charge in [0.25, 0.3) is 0 Å². The van der Waals surface area contributed by atoms with E-state index < -0.39 is 17.1 Å². The highest BCUT2D eigenvalue weighted by molar-refractivity contribution is 5.90. The Labute approximate surface area is 141 Å². The highest BCUT2D eigenvalue weighted by atomic mass is 16.5. The maximum atomic E-state index is 11.4. The van der Waals surface area contributed by atoms with Crippen LogP contribution in [0.4, 0.5) is 0 Å². The van der Waals surface area contributed by atoms with E-state index in [9.17, 15) is 15.0 Å². The van der Waals surface area contributed by atoms with Gasteiger partial charge in [-0.05, 0) is 18.6 Å². The topological polar surface area (TPSA) is 79.9 Å². The molecule has 0 fully saturated rings. The van der Waals surface area contributed by atoms with Crippen molar-refractivity contribution in [3.8, 4) is 17.2 Å². The molecule has 0 aliphatic carbocycles. The average molecular weight is 334 g/mol. The van der Waals surface area contributed by atoms with Crippen molar-refractivity contribution < 1.29 is 19.4 Å². The number of hydrogen-bond acceptors (Lipinski definition) is 5. The summed E-state index contributed by atoms with van der Waals surface area (Å²) in [6.07, 6.45) is 9.67. The molecule has 0 amide bonds. The van der Waals surface area contributed by atoms with Crippen LogP contribution in [0.5, 0.6) is 17.2 Å². The van der Waals surface area contributed by atoms with Gasteiger partial charge in [-0.1, -0.05) is 57.9 Å². The summed E-state index contributed by atoms with van der Waals surface area (Å²) >= 11 is 0. The van der Waals surface area contributed by atoms with Crippen molar-refractivity contribution in [3.63, 3.8) is 0 Å². The molecule has 0 aliphatic heterocycles. The lowest BCUT2D eigenvalue weighted by Crippen LogP contribution is -2.01. The summed E-state index contributed by atoms with van der Waals surface area (Å²) in [5.41, 5.74) is -0.760. The fraction of sp³-hybridized carbons (Fsp3) is 0.526. The molecule has 132 valence electrons. The molecule has 0 spiro atoms. The number of aromatic hydroxyl groups is 2. The van der Waals surface area contributed by atoms with E-state index in [1.807, 2.05) is 0 Å². The van der Waals surface area contributed by atoms with E-state index in [-0.39, 0.29) is 11.0 Å². The van der Waals surface area contributed by atoms with Crippen LogP contribution < -0.4 is 10.4 Å². The Hall–Kier alpha value is -2.17. The first-order chi connectivity index (χ1) is 11.6. The van der Waals surface area contributed by atoms with Crippen molar-refractivity contribution in [2.75, 3.05) is 6.61 Å². The zero-order valence-electron chi connectivity index (χ0n) is 14.2. The Balaban J connectivity index is 1.85. The standard InChI is InChI=1S/C19H26O5/c1-2-3-4-5-6-7-8-9-13-23-14-11-10-12-15-16(14)17(20)18(21)19(22)24-15/h10-12,20-21H,2-9,13H2,1H3. The maximum absolute atomic E-state index is 11.4. The minimum absolute atomic E-state index is 0.198. The molecule has 2 rings (SSSR count). The number of ether oxygens (including phenoxy) is 1. The van der Waals surface area contributed by atoms with E-state index >= 15 is 0 Å². The van der Waals surface area contributed by atoms with Gasteiger partial charge in [0.2, 0.25) is 5.75 Å². The molecular weight excluding hydrogens is 308 g/mol. The van der Waals surface area contributed by atoms with Gasteiger partial charge in [0.05, 0.1) is 6.61 Å². The van der Waals surface area contributed by atoms with Gasteiger partial charge in [-0.2, -0.15) is 0 Å². The Morgan fingerprint density at radius 3 is 2.33 bits per heavy atom. The SMILES string of the molecule is CCCCCCCCCCOc1cccc2oc(=O)c(O)c(O)c12. The van der Waals surface area contributed by atoms with Crippen LogP contribution in [0.3, 0.4) is 0 Å². The van der Waals surface area contributed by atoms with Gasteiger partial charge < -0.3 is 19.4 Å². The van der Waals surface area contributed by atoms with Crippen LogP contribution in [-0.4, -0.2) is 16.8 Å². The molecule has 24 heavy (non-hydrogen) atoms. The summed E-state index contributed by atoms with van der Waals surface area (Å²) < 4.78 is 10.7. The van der Waals surface area contributed by atoms with Crippen molar-refractivity contribution in [1.82, 2.24) is 0 Å². The summed E-state index contributed by atoms with van der Waals surface area (Å²) in [6.45, 7) is 2.74. The molecule has 0 aliphatic rings. The van der Waals surface area contributed by atoms with Gasteiger partial charge in [0.1, 0.15) is 16.7 Å². The fourth-order valence-electron chi connectivity index (χ4n) is 2.73. The van der Waals surface area contributed by atoms with Crippen LogP contribution >= 0.6 is 0 Å². The number of fused-ring (bicyclic) bond motifs is 1. The molecular formula is C19H26O5. The Morgan fingerprint density at radius 2 is 1.62 bits per heavy atom. The lowest BCUT2D eigenvalue weighted by molar-refractivity contribution is 0.305. The summed E-state index contributed by atoms with van der Waals surface area (Å²) in [4.78, 5) is 11.4. The third-order valence-electron chi connectivity index (χ3n) is 4.10. The van der Waals surface area contributed by atoms with Crippen molar-refractivity contribution in [2.24, 2.45) is 0 Å². The molecule has 0 saturated carbocycles. The van der Waals surface area contributed by atoms with E-state index in [0.29, 0.717) is 12.4 Å². The fourth-order valence-corrected chi connectivity index (χ4v) is 2.73. The van der Waals surface area contributed by atoms with Gasteiger partial charge in [-0.3, -0.25) is 0 Å². The number of benzene rings is 1. The molecule has 0 bridgehead atoms. The van der Waals surface area contributed by atoms with E-state index in [1.54, 1.807) is 18.2 Å². The predicted octanol–water partition coefficient (Wildman–Crippen LogP) is 4.72. The normalized spacial score (nSPS) is 11.0. The van der Waals surface area contributed by atoms with Gasteiger partial charge in [0.15, 0.2) is 5.75 Å². The van der Waals surface area contributed by atoms with Crippen molar-refractivity contribution in [2.45, 2.75) is 58.3 Å². The van der Waals surface area contributed by atoms with Crippen LogP contribution in [0.1, 0.15) is 58.3 Å². The first-order valence-electron chi connectivity index (χ1n) is 8.75. The van der Waals surface area contributed by atoms with Crippen LogP contribution in [-0.2, 0) is 0 Å². The second-order valence-corrected chi connectivity index (χ2v) is 6.04. The molecule has 0 unspecified atom stereocenters. The quantitative estimate of drug-likeness (QED) is 0.485. The summed E-state index contributed by atoms with van der Waals surface area (Å²) in [5, 5.41) is 19.8. The second kappa shape index (κ2) is 9.21. The van der Waals surface area contributed by atoms with Crippen LogP contribution in [0.2, 0.25) is 0 Å². The predicted molar refractivity (Wildman–Crippen MR) is 93.9 cm³/mol. The molecule has 2 aromatic rings. The average Bonchev–Trinajstić information content (AvgIpc) is 2.58. The third-order valence-corrected chi connectivity index (χ3v) is 4.10. The zero-order valence-corrected chi connectivity index (χ0v) is 14.2. The molecule has 1 heterocycles. The lowest BCUT2D eigenvalue weighted by atomic mass is 10.1. The summed E-state index contributed by atoms with van der Waals surface area (Å²) in [6, 6.07) is 4.93. The third kappa shape index (κ3) is 4.66. The zero-order chi connectivity index (χ0) is 17.4. The van der Waals surface area contributed by atoms with Crippen LogP contribution in [0, 0.1) is 0 Å². The van der Waals surface area contributed by atoms with Gasteiger partial charge in [-0.25, -0.2) is 4.79 Å². The Morgan fingerprint density at radius 1 is 0.958 bits per heavy atom. The van der Waals surface area contributed by atoms with Crippen molar-refractivity contribution in [3.05, 3.63) is 28.6 Å². The molecule has 1 aromatic heterocycles. The smallest absolute Gasteiger partial charge is 0.382 e. The molecule has 1 aromatic carbocycles. The van der Waals surface area contributed by atoms with Gasteiger partial charge in [-0.15, -0.1) is 0 Å². The molecule has 0 radical (unpaired) electrons. The van der Waals surface area contributed by atoms with Crippen molar-refractivity contribution in [1.29, 1.82) is 0 Å². The van der Waals surface area contributed by atoms with Crippen LogP contribution in [0.15, 0.2) is 27.4 Å². The van der Waals surface area contributed by atoms with E-state index in [1.165, 1.54) is 38.5 Å². The van der Waals surface area contributed by atoms with Crippen molar-refractivity contribution >= 4 is 11.0 Å². The minimum atomic E-state index is -0.958. The lowest BCUT2D eigenvalue weighted by Gasteiger charge is -2.10. The summed E-state index contributed by atoms with van der Waals surface area (Å²) in [7, 11) is 0. The van der Waals surface area contributed by atoms with Gasteiger partial charge in [0, 0.05) is 0 Å². The van der Waals surface area contributed by atoms with E-state index in [4.69, 9.17) is 9.15 Å². The number of rotatable bonds is 10. The molecule has 0 atom stereocenters. The monoisotopic (exact) mass is 334 g/mol. The Kier molecular flexibility index (Phi) is 6.97. The first kappa shape index (κ1) is 18.2. The molecule has 5 nitrogen and oxygen atoms in total. The minimum Gasteiger partial charge on any atom is -0.503 e. The maximum Gasteiger partial charge on any atom is 0.382 e. The highest BCUT2D eigenvalue weighted by Crippen LogP contribution is 2.37. The molecule has 0 saturated heterocycles. The second-order valence-electron chi connectivity index (χ2n) is 6.04. The Bertz CT molecular complexity index is 705. The summed E-state index contributed by atoms with van der Waals surface area (Å²) in [5.74, 6) is -0.870. The molecule has 5 heteroatoms. The molecule has 2 N–H and O–H groups in total. The number of unbranched alkanes of at least 4 members (excludes halogenated alkanes) is 7. The highest BCUT2D eigenvalue weighted by Gasteiger charge is 2.16. The first-order valence-corrected chi connectivity index (χ1v) is 8.75. The van der Waals surface area contributed by atoms with Crippen LogP contribution in [0.25, 0.3) is 11.0 Å².